The summed E-state index contributed by atoms with van der Waals surface area (Å²) in [7, 11) is -3.81. The number of carbonyl (C=O) groups is 1. The lowest BCUT2D eigenvalue weighted by Crippen LogP contribution is -2.41. The molecule has 174 valence electrons. The Morgan fingerprint density at radius 2 is 1.76 bits per heavy atom. The molecule has 7 nitrogen and oxygen atoms in total. The van der Waals surface area contributed by atoms with Gasteiger partial charge in [-0.2, -0.15) is 4.31 Å². The number of para-hydroxylation sites is 1. The predicted molar refractivity (Wildman–Crippen MR) is 122 cm³/mol. The van der Waals surface area contributed by atoms with Crippen LogP contribution in [-0.2, 0) is 14.8 Å². The molecule has 33 heavy (non-hydrogen) atoms. The van der Waals surface area contributed by atoms with E-state index >= 15 is 0 Å². The highest BCUT2D eigenvalue weighted by Crippen LogP contribution is 2.33. The normalized spacial score (nSPS) is 18.6. The molecule has 2 aromatic carbocycles. The third kappa shape index (κ3) is 4.16. The van der Waals surface area contributed by atoms with Gasteiger partial charge in [-0.05, 0) is 48.6 Å². The number of carbonyl (C=O) groups excluding carboxylic acids is 1. The monoisotopic (exact) mass is 471 g/mol. The zero-order valence-corrected chi connectivity index (χ0v) is 19.0. The number of hydrogen-bond donors (Lipinski definition) is 1. The number of nitrogens with zero attached hydrogens (tertiary/aromatic N) is 2. The molecule has 0 radical (unpaired) electrons. The van der Waals surface area contributed by atoms with Gasteiger partial charge in [0, 0.05) is 43.3 Å². The average Bonchev–Trinajstić information content (AvgIpc) is 3.29. The summed E-state index contributed by atoms with van der Waals surface area (Å²) in [5.41, 5.74) is 2.13. The maximum absolute atomic E-state index is 14.6. The molecule has 1 N–H and O–H groups in total. The standard InChI is InChI=1S/C24H26FN3O4S/c25-22-6-5-18(33(30,31)28-11-13-32-14-12-28)15-20(22)24(29)27-9-7-17(8-10-27)21-16-26-23-4-2-1-3-19(21)23/h1-6,15-17,26H,7-14H2. The first kappa shape index (κ1) is 22.1. The van der Waals surface area contributed by atoms with E-state index in [2.05, 4.69) is 11.1 Å². The van der Waals surface area contributed by atoms with E-state index in [9.17, 15) is 17.6 Å². The maximum atomic E-state index is 14.6. The van der Waals surface area contributed by atoms with E-state index in [-0.39, 0.29) is 23.5 Å². The number of piperidine rings is 1. The lowest BCUT2D eigenvalue weighted by molar-refractivity contribution is 0.0707. The molecule has 5 rings (SSSR count). The molecule has 2 aliphatic rings. The number of H-pyrrole nitrogens is 1. The van der Waals surface area contributed by atoms with Crippen LogP contribution in [0.1, 0.15) is 34.7 Å². The highest BCUT2D eigenvalue weighted by atomic mass is 32.2. The van der Waals surface area contributed by atoms with Crippen LogP contribution in [-0.4, -0.2) is 67.9 Å². The molecule has 3 heterocycles. The van der Waals surface area contributed by atoms with Gasteiger partial charge in [0.25, 0.3) is 5.91 Å². The van der Waals surface area contributed by atoms with Crippen LogP contribution in [0, 0.1) is 5.82 Å². The zero-order chi connectivity index (χ0) is 23.0. The molecule has 2 aliphatic heterocycles. The van der Waals surface area contributed by atoms with E-state index in [1.54, 1.807) is 4.90 Å². The third-order valence-corrected chi connectivity index (χ3v) is 8.51. The predicted octanol–water partition coefficient (Wildman–Crippen LogP) is 3.35. The second kappa shape index (κ2) is 8.89. The van der Waals surface area contributed by atoms with E-state index < -0.39 is 21.7 Å². The second-order valence-electron chi connectivity index (χ2n) is 8.51. The van der Waals surface area contributed by atoms with Crippen molar-refractivity contribution in [2.75, 3.05) is 39.4 Å². The molecule has 2 fully saturated rings. The van der Waals surface area contributed by atoms with Crippen molar-refractivity contribution in [1.82, 2.24) is 14.2 Å². The van der Waals surface area contributed by atoms with Crippen molar-refractivity contribution in [2.24, 2.45) is 0 Å². The van der Waals surface area contributed by atoms with Crippen LogP contribution < -0.4 is 0 Å². The van der Waals surface area contributed by atoms with E-state index in [0.29, 0.717) is 32.2 Å². The third-order valence-electron chi connectivity index (χ3n) is 6.62. The van der Waals surface area contributed by atoms with Gasteiger partial charge >= 0.3 is 0 Å². The van der Waals surface area contributed by atoms with Gasteiger partial charge in [0.1, 0.15) is 5.82 Å². The molecule has 0 atom stereocenters. The Morgan fingerprint density at radius 3 is 2.52 bits per heavy atom. The lowest BCUT2D eigenvalue weighted by atomic mass is 9.89. The summed E-state index contributed by atoms with van der Waals surface area (Å²) in [6.45, 7) is 2.09. The van der Waals surface area contributed by atoms with E-state index in [0.717, 1.165) is 24.4 Å². The average molecular weight is 472 g/mol. The molecule has 0 aliphatic carbocycles. The highest BCUT2D eigenvalue weighted by Gasteiger charge is 2.30. The van der Waals surface area contributed by atoms with E-state index in [1.165, 1.54) is 27.4 Å². The van der Waals surface area contributed by atoms with Crippen molar-refractivity contribution in [3.63, 3.8) is 0 Å². The molecule has 0 spiro atoms. The minimum absolute atomic E-state index is 0.0668. The van der Waals surface area contributed by atoms with Crippen molar-refractivity contribution < 1.29 is 22.3 Å². The largest absolute Gasteiger partial charge is 0.379 e. The van der Waals surface area contributed by atoms with Crippen LogP contribution in [0.15, 0.2) is 53.6 Å². The number of benzene rings is 2. The minimum atomic E-state index is -3.81. The van der Waals surface area contributed by atoms with E-state index in [1.807, 2.05) is 24.4 Å². The molecule has 0 bridgehead atoms. The van der Waals surface area contributed by atoms with Crippen LogP contribution in [0.4, 0.5) is 4.39 Å². The summed E-state index contributed by atoms with van der Waals surface area (Å²) < 4.78 is 47.0. The quantitative estimate of drug-likeness (QED) is 0.633. The number of aromatic nitrogens is 1. The summed E-state index contributed by atoms with van der Waals surface area (Å²) in [4.78, 5) is 18.0. The van der Waals surface area contributed by atoms with Gasteiger partial charge in [-0.3, -0.25) is 4.79 Å². The van der Waals surface area contributed by atoms with Crippen LogP contribution in [0.25, 0.3) is 10.9 Å². The number of morpholine rings is 1. The number of hydrogen-bond acceptors (Lipinski definition) is 4. The molecular formula is C24H26FN3O4S. The molecule has 1 aromatic heterocycles. The molecular weight excluding hydrogens is 445 g/mol. The number of halogens is 1. The number of amides is 1. The van der Waals surface area contributed by atoms with Crippen LogP contribution in [0.5, 0.6) is 0 Å². The van der Waals surface area contributed by atoms with Crippen molar-refractivity contribution >= 4 is 26.8 Å². The Morgan fingerprint density at radius 1 is 1.03 bits per heavy atom. The molecule has 3 aromatic rings. The smallest absolute Gasteiger partial charge is 0.256 e. The molecule has 9 heteroatoms. The van der Waals surface area contributed by atoms with Crippen molar-refractivity contribution in [2.45, 2.75) is 23.7 Å². The fourth-order valence-electron chi connectivity index (χ4n) is 4.76. The van der Waals surface area contributed by atoms with Gasteiger partial charge in [0.2, 0.25) is 10.0 Å². The van der Waals surface area contributed by atoms with E-state index in [4.69, 9.17) is 4.74 Å². The van der Waals surface area contributed by atoms with Crippen molar-refractivity contribution in [1.29, 1.82) is 0 Å². The summed E-state index contributed by atoms with van der Waals surface area (Å²) >= 11 is 0. The van der Waals surface area contributed by atoms with Gasteiger partial charge in [-0.1, -0.05) is 18.2 Å². The Kier molecular flexibility index (Phi) is 5.94. The van der Waals surface area contributed by atoms with Crippen LogP contribution in [0.2, 0.25) is 0 Å². The summed E-state index contributed by atoms with van der Waals surface area (Å²) in [5, 5.41) is 1.19. The number of rotatable bonds is 4. The molecule has 0 unspecified atom stereocenters. The van der Waals surface area contributed by atoms with Gasteiger partial charge in [0.05, 0.1) is 23.7 Å². The van der Waals surface area contributed by atoms with Crippen LogP contribution in [0.3, 0.4) is 0 Å². The highest BCUT2D eigenvalue weighted by molar-refractivity contribution is 7.89. The molecule has 0 saturated carbocycles. The first-order valence-corrected chi connectivity index (χ1v) is 12.6. The van der Waals surface area contributed by atoms with Gasteiger partial charge in [0.15, 0.2) is 0 Å². The SMILES string of the molecule is O=C(c1cc(S(=O)(=O)N2CCOCC2)ccc1F)N1CCC(c2c[nH]c3ccccc23)CC1. The molecule has 2 saturated heterocycles. The van der Waals surface area contributed by atoms with Crippen LogP contribution >= 0.6 is 0 Å². The molecule has 1 amide bonds. The first-order chi connectivity index (χ1) is 15.9. The number of aromatic amines is 1. The zero-order valence-electron chi connectivity index (χ0n) is 18.2. The fraction of sp³-hybridized carbons (Fsp3) is 0.375. The minimum Gasteiger partial charge on any atom is -0.379 e. The number of nitrogens with one attached hydrogen (secondary N) is 1. The topological polar surface area (TPSA) is 82.7 Å². The maximum Gasteiger partial charge on any atom is 0.256 e. The van der Waals surface area contributed by atoms with Crippen molar-refractivity contribution in [3.05, 3.63) is 65.6 Å². The summed E-state index contributed by atoms with van der Waals surface area (Å²) in [5.74, 6) is -0.869. The van der Waals surface area contributed by atoms with Gasteiger partial charge < -0.3 is 14.6 Å². The summed E-state index contributed by atoms with van der Waals surface area (Å²) in [6, 6.07) is 11.6. The Labute approximate surface area is 192 Å². The fourth-order valence-corrected chi connectivity index (χ4v) is 6.20. The number of fused-ring (bicyclic) bond motifs is 1. The number of ether oxygens (including phenoxy) is 1. The lowest BCUT2D eigenvalue weighted by Gasteiger charge is -2.32. The Balaban J connectivity index is 1.32. The first-order valence-electron chi connectivity index (χ1n) is 11.2. The number of sulfonamides is 1. The second-order valence-corrected chi connectivity index (χ2v) is 10.5. The van der Waals surface area contributed by atoms with Gasteiger partial charge in [-0.25, -0.2) is 12.8 Å². The Bertz CT molecular complexity index is 1280. The Hall–Kier alpha value is -2.75. The van der Waals surface area contributed by atoms with Crippen molar-refractivity contribution in [3.8, 4) is 0 Å². The van der Waals surface area contributed by atoms with Gasteiger partial charge in [-0.15, -0.1) is 0 Å². The summed E-state index contributed by atoms with van der Waals surface area (Å²) in [6.07, 6.45) is 3.56. The number of likely N-dealkylation sites (tertiary alicyclic amines) is 1.